The SMILES string of the molecule is CCCC(CCN)CCCN1CCC(CC)(CC)C1. The van der Waals surface area contributed by atoms with Gasteiger partial charge in [-0.3, -0.25) is 0 Å². The van der Waals surface area contributed by atoms with Crippen molar-refractivity contribution in [2.24, 2.45) is 17.1 Å². The molecule has 19 heavy (non-hydrogen) atoms. The molecule has 1 saturated heterocycles. The molecule has 2 nitrogen and oxygen atoms in total. The third kappa shape index (κ3) is 5.43. The van der Waals surface area contributed by atoms with Gasteiger partial charge in [-0.2, -0.15) is 0 Å². The number of hydrogen-bond donors (Lipinski definition) is 1. The molecular weight excluding hydrogens is 232 g/mol. The Morgan fingerprint density at radius 3 is 2.37 bits per heavy atom. The zero-order chi connectivity index (χ0) is 14.1. The molecule has 2 N–H and O–H groups in total. The quantitative estimate of drug-likeness (QED) is 0.648. The van der Waals surface area contributed by atoms with E-state index < -0.39 is 0 Å². The van der Waals surface area contributed by atoms with E-state index in [9.17, 15) is 0 Å². The smallest absolute Gasteiger partial charge is 0.00382 e. The summed E-state index contributed by atoms with van der Waals surface area (Å²) in [5.74, 6) is 0.875. The summed E-state index contributed by atoms with van der Waals surface area (Å²) in [6.45, 7) is 11.9. The average molecular weight is 268 g/mol. The number of rotatable bonds is 10. The summed E-state index contributed by atoms with van der Waals surface area (Å²) in [6, 6.07) is 0. The standard InChI is InChI=1S/C17H36N2/c1-4-8-16(10-12-18)9-7-13-19-14-11-17(5-2,6-3)15-19/h16H,4-15,18H2,1-3H3. The van der Waals surface area contributed by atoms with Gasteiger partial charge in [-0.1, -0.05) is 33.6 Å². The van der Waals surface area contributed by atoms with Gasteiger partial charge in [-0.25, -0.2) is 0 Å². The topological polar surface area (TPSA) is 29.3 Å². The minimum atomic E-state index is 0.639. The lowest BCUT2D eigenvalue weighted by atomic mass is 9.82. The summed E-state index contributed by atoms with van der Waals surface area (Å²) in [4.78, 5) is 2.71. The Labute approximate surface area is 121 Å². The maximum atomic E-state index is 5.71. The fraction of sp³-hybridized carbons (Fsp3) is 1.00. The first-order chi connectivity index (χ1) is 9.19. The van der Waals surface area contributed by atoms with Crippen LogP contribution in [0.2, 0.25) is 0 Å². The van der Waals surface area contributed by atoms with Gasteiger partial charge in [-0.15, -0.1) is 0 Å². The molecule has 0 saturated carbocycles. The van der Waals surface area contributed by atoms with Crippen LogP contribution in [0, 0.1) is 11.3 Å². The molecule has 0 aromatic carbocycles. The summed E-state index contributed by atoms with van der Waals surface area (Å²) in [5, 5.41) is 0. The Morgan fingerprint density at radius 2 is 1.84 bits per heavy atom. The number of likely N-dealkylation sites (tertiary alicyclic amines) is 1. The Kier molecular flexibility index (Phi) is 8.01. The van der Waals surface area contributed by atoms with Crippen molar-refractivity contribution in [3.05, 3.63) is 0 Å². The van der Waals surface area contributed by atoms with Crippen LogP contribution in [0.4, 0.5) is 0 Å². The van der Waals surface area contributed by atoms with Crippen LogP contribution in [0.3, 0.4) is 0 Å². The third-order valence-electron chi connectivity index (χ3n) is 5.38. The van der Waals surface area contributed by atoms with Crippen molar-refractivity contribution in [1.29, 1.82) is 0 Å². The van der Waals surface area contributed by atoms with Crippen LogP contribution in [0.1, 0.15) is 72.1 Å². The number of nitrogens with two attached hydrogens (primary N) is 1. The Hall–Kier alpha value is -0.0800. The van der Waals surface area contributed by atoms with Crippen LogP contribution in [0.25, 0.3) is 0 Å². The molecular formula is C17H36N2. The molecule has 1 atom stereocenters. The largest absolute Gasteiger partial charge is 0.330 e. The lowest BCUT2D eigenvalue weighted by molar-refractivity contribution is 0.233. The van der Waals surface area contributed by atoms with E-state index in [-0.39, 0.29) is 0 Å². The van der Waals surface area contributed by atoms with Crippen LogP contribution in [-0.4, -0.2) is 31.1 Å². The maximum Gasteiger partial charge on any atom is 0.00382 e. The second-order valence-corrected chi connectivity index (χ2v) is 6.61. The number of hydrogen-bond acceptors (Lipinski definition) is 2. The molecule has 1 heterocycles. The summed E-state index contributed by atoms with van der Waals surface area (Å²) >= 11 is 0. The first-order valence-corrected chi connectivity index (χ1v) is 8.62. The molecule has 2 heteroatoms. The van der Waals surface area contributed by atoms with Crippen molar-refractivity contribution in [1.82, 2.24) is 4.90 Å². The molecule has 0 aromatic heterocycles. The van der Waals surface area contributed by atoms with Crippen LogP contribution in [0.5, 0.6) is 0 Å². The second kappa shape index (κ2) is 8.97. The van der Waals surface area contributed by atoms with Crippen LogP contribution in [0.15, 0.2) is 0 Å². The molecule has 1 aliphatic rings. The van der Waals surface area contributed by atoms with Crippen LogP contribution < -0.4 is 5.73 Å². The molecule has 0 aliphatic carbocycles. The van der Waals surface area contributed by atoms with E-state index in [4.69, 9.17) is 5.73 Å². The van der Waals surface area contributed by atoms with Gasteiger partial charge in [0, 0.05) is 6.54 Å². The average Bonchev–Trinajstić information content (AvgIpc) is 2.84. The Morgan fingerprint density at radius 1 is 1.11 bits per heavy atom. The first-order valence-electron chi connectivity index (χ1n) is 8.62. The molecule has 1 unspecified atom stereocenters. The van der Waals surface area contributed by atoms with Crippen molar-refractivity contribution in [3.8, 4) is 0 Å². The van der Waals surface area contributed by atoms with Crippen molar-refractivity contribution in [2.45, 2.75) is 72.1 Å². The normalized spacial score (nSPS) is 20.8. The highest BCUT2D eigenvalue weighted by molar-refractivity contribution is 4.87. The predicted octanol–water partition coefficient (Wildman–Crippen LogP) is 4.04. The maximum absolute atomic E-state index is 5.71. The van der Waals surface area contributed by atoms with E-state index in [1.165, 1.54) is 71.0 Å². The van der Waals surface area contributed by atoms with Crippen LogP contribution in [-0.2, 0) is 0 Å². The minimum absolute atomic E-state index is 0.639. The predicted molar refractivity (Wildman–Crippen MR) is 85.4 cm³/mol. The van der Waals surface area contributed by atoms with Gasteiger partial charge in [0.2, 0.25) is 0 Å². The molecule has 0 radical (unpaired) electrons. The molecule has 1 aliphatic heterocycles. The molecule has 0 bridgehead atoms. The van der Waals surface area contributed by atoms with Crippen molar-refractivity contribution in [2.75, 3.05) is 26.2 Å². The third-order valence-corrected chi connectivity index (χ3v) is 5.38. The summed E-state index contributed by atoms with van der Waals surface area (Å²) in [5.41, 5.74) is 6.35. The highest BCUT2D eigenvalue weighted by Crippen LogP contribution is 2.37. The van der Waals surface area contributed by atoms with Gasteiger partial charge in [0.25, 0.3) is 0 Å². The molecule has 0 amide bonds. The highest BCUT2D eigenvalue weighted by atomic mass is 15.2. The van der Waals surface area contributed by atoms with E-state index in [1.54, 1.807) is 0 Å². The van der Waals surface area contributed by atoms with Gasteiger partial charge in [0.05, 0.1) is 0 Å². The fourth-order valence-electron chi connectivity index (χ4n) is 3.73. The fourth-order valence-corrected chi connectivity index (χ4v) is 3.73. The molecule has 0 spiro atoms. The van der Waals surface area contributed by atoms with Gasteiger partial charge < -0.3 is 10.6 Å². The van der Waals surface area contributed by atoms with Gasteiger partial charge >= 0.3 is 0 Å². The van der Waals surface area contributed by atoms with E-state index in [0.717, 1.165) is 12.5 Å². The highest BCUT2D eigenvalue weighted by Gasteiger charge is 2.34. The Balaban J connectivity index is 2.22. The monoisotopic (exact) mass is 268 g/mol. The summed E-state index contributed by atoms with van der Waals surface area (Å²) < 4.78 is 0. The zero-order valence-corrected chi connectivity index (χ0v) is 13.6. The van der Waals surface area contributed by atoms with Crippen LogP contribution >= 0.6 is 0 Å². The molecule has 0 aromatic rings. The molecule has 114 valence electrons. The van der Waals surface area contributed by atoms with Crippen molar-refractivity contribution >= 4 is 0 Å². The molecule has 1 rings (SSSR count). The van der Waals surface area contributed by atoms with E-state index in [1.807, 2.05) is 0 Å². The number of nitrogens with zero attached hydrogens (tertiary/aromatic N) is 1. The van der Waals surface area contributed by atoms with Crippen molar-refractivity contribution in [3.63, 3.8) is 0 Å². The zero-order valence-electron chi connectivity index (χ0n) is 13.6. The van der Waals surface area contributed by atoms with E-state index in [2.05, 4.69) is 25.7 Å². The van der Waals surface area contributed by atoms with E-state index in [0.29, 0.717) is 5.41 Å². The van der Waals surface area contributed by atoms with Gasteiger partial charge in [0.1, 0.15) is 0 Å². The lowest BCUT2D eigenvalue weighted by Gasteiger charge is -2.26. The second-order valence-electron chi connectivity index (χ2n) is 6.61. The molecule has 1 fully saturated rings. The first kappa shape index (κ1) is 17.0. The van der Waals surface area contributed by atoms with Gasteiger partial charge in [-0.05, 0) is 69.5 Å². The summed E-state index contributed by atoms with van der Waals surface area (Å²) in [6.07, 6.45) is 10.8. The van der Waals surface area contributed by atoms with Gasteiger partial charge in [0.15, 0.2) is 0 Å². The van der Waals surface area contributed by atoms with E-state index >= 15 is 0 Å². The Bertz CT molecular complexity index is 217. The minimum Gasteiger partial charge on any atom is -0.330 e. The summed E-state index contributed by atoms with van der Waals surface area (Å²) in [7, 11) is 0. The van der Waals surface area contributed by atoms with Crippen molar-refractivity contribution < 1.29 is 0 Å². The lowest BCUT2D eigenvalue weighted by Crippen LogP contribution is -2.27.